The first-order valence-corrected chi connectivity index (χ1v) is 6.04. The number of anilines is 1. The molecular formula is C12H19N3O3. The average molecular weight is 253 g/mol. The van der Waals surface area contributed by atoms with Crippen LogP contribution in [-0.2, 0) is 11.3 Å². The summed E-state index contributed by atoms with van der Waals surface area (Å²) in [5, 5.41) is 8.57. The summed E-state index contributed by atoms with van der Waals surface area (Å²) >= 11 is 0. The number of hydrogen-bond donors (Lipinski definition) is 1. The van der Waals surface area contributed by atoms with Crippen LogP contribution in [0.4, 0.5) is 5.82 Å². The molecule has 1 aromatic heterocycles. The smallest absolute Gasteiger partial charge is 0.303 e. The first-order chi connectivity index (χ1) is 8.56. The van der Waals surface area contributed by atoms with Crippen molar-refractivity contribution in [3.8, 4) is 0 Å². The molecule has 100 valence electrons. The summed E-state index contributed by atoms with van der Waals surface area (Å²) in [6.45, 7) is 3.17. The van der Waals surface area contributed by atoms with Crippen molar-refractivity contribution in [2.45, 2.75) is 32.7 Å². The Kier molecular flexibility index (Phi) is 5.35. The lowest BCUT2D eigenvalue weighted by atomic mass is 10.3. The number of rotatable bonds is 7. The Morgan fingerprint density at radius 1 is 1.56 bits per heavy atom. The molecule has 0 saturated carbocycles. The Morgan fingerprint density at radius 2 is 2.28 bits per heavy atom. The summed E-state index contributed by atoms with van der Waals surface area (Å²) in [6, 6.07) is 0. The molecular weight excluding hydrogens is 234 g/mol. The molecule has 6 nitrogen and oxygen atoms in total. The molecule has 1 rings (SSSR count). The molecule has 1 heterocycles. The minimum atomic E-state index is -0.826. The Bertz CT molecular complexity index is 456. The number of aryl methyl sites for hydroxylation is 1. The summed E-state index contributed by atoms with van der Waals surface area (Å²) in [7, 11) is 1.75. The molecule has 18 heavy (non-hydrogen) atoms. The Balaban J connectivity index is 2.73. The number of nitrogens with zero attached hydrogens (tertiary/aromatic N) is 3. The Labute approximate surface area is 106 Å². The first-order valence-electron chi connectivity index (χ1n) is 6.04. The second-order valence-electron chi connectivity index (χ2n) is 4.17. The molecule has 0 fully saturated rings. The van der Waals surface area contributed by atoms with Crippen LogP contribution in [0.25, 0.3) is 0 Å². The highest BCUT2D eigenvalue weighted by Gasteiger charge is 2.09. The van der Waals surface area contributed by atoms with E-state index in [-0.39, 0.29) is 12.0 Å². The van der Waals surface area contributed by atoms with Gasteiger partial charge in [0.2, 0.25) is 0 Å². The molecule has 0 bridgehead atoms. The fourth-order valence-corrected chi connectivity index (χ4v) is 1.69. The van der Waals surface area contributed by atoms with Gasteiger partial charge in [-0.15, -0.1) is 0 Å². The van der Waals surface area contributed by atoms with Crippen LogP contribution in [0.3, 0.4) is 0 Å². The summed E-state index contributed by atoms with van der Waals surface area (Å²) in [5.41, 5.74) is -0.128. The highest BCUT2D eigenvalue weighted by Crippen LogP contribution is 2.03. The van der Waals surface area contributed by atoms with E-state index >= 15 is 0 Å². The van der Waals surface area contributed by atoms with Crippen LogP contribution in [0.2, 0.25) is 0 Å². The van der Waals surface area contributed by atoms with Gasteiger partial charge in [0.15, 0.2) is 5.82 Å². The van der Waals surface area contributed by atoms with Gasteiger partial charge in [-0.1, -0.05) is 6.92 Å². The van der Waals surface area contributed by atoms with E-state index in [9.17, 15) is 9.59 Å². The van der Waals surface area contributed by atoms with E-state index in [0.717, 1.165) is 6.42 Å². The van der Waals surface area contributed by atoms with Crippen LogP contribution in [-0.4, -0.2) is 34.2 Å². The van der Waals surface area contributed by atoms with Crippen molar-refractivity contribution < 1.29 is 9.90 Å². The lowest BCUT2D eigenvalue weighted by Gasteiger charge is -2.17. The van der Waals surface area contributed by atoms with Gasteiger partial charge >= 0.3 is 5.97 Å². The predicted molar refractivity (Wildman–Crippen MR) is 68.9 cm³/mol. The van der Waals surface area contributed by atoms with Crippen LogP contribution in [0.1, 0.15) is 26.2 Å². The third-order valence-electron chi connectivity index (χ3n) is 2.61. The molecule has 0 atom stereocenters. The van der Waals surface area contributed by atoms with E-state index in [1.807, 2.05) is 6.92 Å². The third-order valence-corrected chi connectivity index (χ3v) is 2.61. The Morgan fingerprint density at radius 3 is 2.89 bits per heavy atom. The molecule has 0 aromatic carbocycles. The van der Waals surface area contributed by atoms with Crippen LogP contribution in [0, 0.1) is 0 Å². The SMILES string of the molecule is CCCn1ccnc(N(C)CCCC(=O)O)c1=O. The molecule has 1 N–H and O–H groups in total. The van der Waals surface area contributed by atoms with Gasteiger partial charge < -0.3 is 14.6 Å². The normalized spacial score (nSPS) is 10.3. The van der Waals surface area contributed by atoms with E-state index in [1.54, 1.807) is 28.9 Å². The van der Waals surface area contributed by atoms with Gasteiger partial charge in [-0.05, 0) is 12.8 Å². The van der Waals surface area contributed by atoms with Crippen molar-refractivity contribution in [3.63, 3.8) is 0 Å². The van der Waals surface area contributed by atoms with E-state index in [1.165, 1.54) is 0 Å². The van der Waals surface area contributed by atoms with Crippen molar-refractivity contribution in [1.82, 2.24) is 9.55 Å². The molecule has 1 aromatic rings. The van der Waals surface area contributed by atoms with Gasteiger partial charge in [0.1, 0.15) is 0 Å². The van der Waals surface area contributed by atoms with E-state index in [4.69, 9.17) is 5.11 Å². The van der Waals surface area contributed by atoms with Gasteiger partial charge in [-0.2, -0.15) is 0 Å². The zero-order valence-electron chi connectivity index (χ0n) is 10.8. The van der Waals surface area contributed by atoms with Crippen molar-refractivity contribution in [2.24, 2.45) is 0 Å². The fourth-order valence-electron chi connectivity index (χ4n) is 1.69. The molecule has 0 amide bonds. The first kappa shape index (κ1) is 14.2. The van der Waals surface area contributed by atoms with Crippen molar-refractivity contribution in [1.29, 1.82) is 0 Å². The fraction of sp³-hybridized carbons (Fsp3) is 0.583. The molecule has 0 unspecified atom stereocenters. The monoisotopic (exact) mass is 253 g/mol. The van der Waals surface area contributed by atoms with Crippen LogP contribution in [0.5, 0.6) is 0 Å². The van der Waals surface area contributed by atoms with Crippen LogP contribution < -0.4 is 10.5 Å². The number of hydrogen-bond acceptors (Lipinski definition) is 4. The molecule has 0 radical (unpaired) electrons. The quantitative estimate of drug-likeness (QED) is 0.783. The average Bonchev–Trinajstić information content (AvgIpc) is 2.31. The molecule has 0 aliphatic heterocycles. The van der Waals surface area contributed by atoms with Gasteiger partial charge in [0, 0.05) is 39.0 Å². The minimum Gasteiger partial charge on any atom is -0.481 e. The molecule has 0 spiro atoms. The zero-order valence-corrected chi connectivity index (χ0v) is 10.8. The van der Waals surface area contributed by atoms with Crippen LogP contribution in [0.15, 0.2) is 17.2 Å². The lowest BCUT2D eigenvalue weighted by Crippen LogP contribution is -2.31. The number of carbonyl (C=O) groups is 1. The van der Waals surface area contributed by atoms with Crippen molar-refractivity contribution in [2.75, 3.05) is 18.5 Å². The van der Waals surface area contributed by atoms with Crippen LogP contribution >= 0.6 is 0 Å². The van der Waals surface area contributed by atoms with Gasteiger partial charge in [-0.3, -0.25) is 9.59 Å². The van der Waals surface area contributed by atoms with Crippen molar-refractivity contribution in [3.05, 3.63) is 22.7 Å². The van der Waals surface area contributed by atoms with Gasteiger partial charge in [-0.25, -0.2) is 4.98 Å². The van der Waals surface area contributed by atoms with E-state index < -0.39 is 5.97 Å². The predicted octanol–water partition coefficient (Wildman–Crippen LogP) is 0.954. The maximum Gasteiger partial charge on any atom is 0.303 e. The van der Waals surface area contributed by atoms with Gasteiger partial charge in [0.25, 0.3) is 5.56 Å². The standard InChI is InChI=1S/C12H19N3O3/c1-3-7-15-9-6-13-11(12(15)18)14(2)8-4-5-10(16)17/h6,9H,3-5,7-8H2,1-2H3,(H,16,17). The highest BCUT2D eigenvalue weighted by atomic mass is 16.4. The van der Waals surface area contributed by atoms with E-state index in [2.05, 4.69) is 4.98 Å². The third kappa shape index (κ3) is 3.87. The molecule has 0 aliphatic carbocycles. The molecule has 6 heteroatoms. The summed E-state index contributed by atoms with van der Waals surface area (Å²) in [5.74, 6) is -0.454. The number of carboxylic acids is 1. The molecule has 0 aliphatic rings. The topological polar surface area (TPSA) is 75.4 Å². The maximum atomic E-state index is 12.0. The number of aliphatic carboxylic acids is 1. The van der Waals surface area contributed by atoms with Crippen molar-refractivity contribution >= 4 is 11.8 Å². The van der Waals surface area contributed by atoms with E-state index in [0.29, 0.717) is 25.3 Å². The second kappa shape index (κ2) is 6.78. The highest BCUT2D eigenvalue weighted by molar-refractivity contribution is 5.66. The lowest BCUT2D eigenvalue weighted by molar-refractivity contribution is -0.137. The van der Waals surface area contributed by atoms with Gasteiger partial charge in [0.05, 0.1) is 0 Å². The number of aromatic nitrogens is 2. The second-order valence-corrected chi connectivity index (χ2v) is 4.17. The Hall–Kier alpha value is -1.85. The number of carboxylic acid groups (broad SMARTS) is 1. The zero-order chi connectivity index (χ0) is 13.5. The molecule has 0 saturated heterocycles. The summed E-state index contributed by atoms with van der Waals surface area (Å²) in [4.78, 5) is 28.2. The minimum absolute atomic E-state index is 0.0975. The summed E-state index contributed by atoms with van der Waals surface area (Å²) < 4.78 is 1.62. The largest absolute Gasteiger partial charge is 0.481 e. The maximum absolute atomic E-state index is 12.0. The summed E-state index contributed by atoms with van der Waals surface area (Å²) in [6.07, 6.45) is 4.74.